The lowest BCUT2D eigenvalue weighted by atomic mass is 10.0. The van der Waals surface area contributed by atoms with Gasteiger partial charge in [-0.1, -0.05) is 6.07 Å². The third-order valence-corrected chi connectivity index (χ3v) is 3.47. The van der Waals surface area contributed by atoms with Gasteiger partial charge in [-0.2, -0.15) is 0 Å². The van der Waals surface area contributed by atoms with E-state index in [-0.39, 0.29) is 12.1 Å². The SMILES string of the molecule is NCCc1c[nH]c2ccc(C[C@H]3COC(=O)N3)cc12. The first kappa shape index (κ1) is 12.0. The fourth-order valence-electron chi connectivity index (χ4n) is 2.54. The van der Waals surface area contributed by atoms with Gasteiger partial charge in [0.05, 0.1) is 6.04 Å². The molecular formula is C14H17N3O2. The van der Waals surface area contributed by atoms with Crippen molar-refractivity contribution in [2.24, 2.45) is 5.73 Å². The molecule has 0 spiro atoms. The van der Waals surface area contributed by atoms with Crippen LogP contribution in [0.5, 0.6) is 0 Å². The van der Waals surface area contributed by atoms with Crippen LogP contribution in [0.4, 0.5) is 4.79 Å². The molecule has 0 aliphatic carbocycles. The fraction of sp³-hybridized carbons (Fsp3) is 0.357. The number of fused-ring (bicyclic) bond motifs is 1. The van der Waals surface area contributed by atoms with Crippen LogP contribution < -0.4 is 11.1 Å². The number of hydrogen-bond acceptors (Lipinski definition) is 3. The second-order valence-electron chi connectivity index (χ2n) is 4.88. The number of nitrogens with one attached hydrogen (secondary N) is 2. The normalized spacial score (nSPS) is 18.6. The van der Waals surface area contributed by atoms with Crippen molar-refractivity contribution in [2.45, 2.75) is 18.9 Å². The van der Waals surface area contributed by atoms with Gasteiger partial charge in [0, 0.05) is 17.1 Å². The van der Waals surface area contributed by atoms with Gasteiger partial charge < -0.3 is 20.8 Å². The maximum atomic E-state index is 11.0. The first-order valence-electron chi connectivity index (χ1n) is 6.48. The molecule has 1 atom stereocenters. The standard InChI is InChI=1S/C14H17N3O2/c15-4-3-10-7-16-13-2-1-9(6-12(10)13)5-11-8-19-14(18)17-11/h1-2,6-7,11,16H,3-5,8,15H2,(H,17,18)/t11-/m0/s1. The Kier molecular flexibility index (Phi) is 3.13. The summed E-state index contributed by atoms with van der Waals surface area (Å²) in [5, 5.41) is 4.01. The Morgan fingerprint density at radius 3 is 3.05 bits per heavy atom. The van der Waals surface area contributed by atoms with Crippen LogP contribution in [-0.2, 0) is 17.6 Å². The summed E-state index contributed by atoms with van der Waals surface area (Å²) in [6.45, 7) is 1.09. The zero-order chi connectivity index (χ0) is 13.2. The number of ether oxygens (including phenoxy) is 1. The van der Waals surface area contributed by atoms with Gasteiger partial charge in [0.15, 0.2) is 0 Å². The van der Waals surface area contributed by atoms with Crippen LogP contribution in [-0.4, -0.2) is 30.3 Å². The highest BCUT2D eigenvalue weighted by Gasteiger charge is 2.22. The molecule has 4 N–H and O–H groups in total. The van der Waals surface area contributed by atoms with Crippen molar-refractivity contribution in [2.75, 3.05) is 13.2 Å². The summed E-state index contributed by atoms with van der Waals surface area (Å²) in [5.41, 5.74) is 9.18. The Balaban J connectivity index is 1.83. The van der Waals surface area contributed by atoms with Crippen molar-refractivity contribution in [3.8, 4) is 0 Å². The van der Waals surface area contributed by atoms with Gasteiger partial charge in [-0.05, 0) is 42.6 Å². The molecule has 2 heterocycles. The quantitative estimate of drug-likeness (QED) is 0.774. The van der Waals surface area contributed by atoms with Crippen LogP contribution in [0.3, 0.4) is 0 Å². The fourth-order valence-corrected chi connectivity index (χ4v) is 2.54. The van der Waals surface area contributed by atoms with Gasteiger partial charge in [-0.3, -0.25) is 0 Å². The molecule has 1 amide bonds. The van der Waals surface area contributed by atoms with Crippen LogP contribution in [0.1, 0.15) is 11.1 Å². The molecule has 1 aliphatic heterocycles. The lowest BCUT2D eigenvalue weighted by Crippen LogP contribution is -2.28. The van der Waals surface area contributed by atoms with Crippen molar-refractivity contribution >= 4 is 17.0 Å². The average molecular weight is 259 g/mol. The number of carbonyl (C=O) groups excluding carboxylic acids is 1. The van der Waals surface area contributed by atoms with Crippen LogP contribution in [0.2, 0.25) is 0 Å². The maximum absolute atomic E-state index is 11.0. The molecule has 1 aromatic heterocycles. The Morgan fingerprint density at radius 1 is 1.42 bits per heavy atom. The van der Waals surface area contributed by atoms with Gasteiger partial charge in [0.1, 0.15) is 6.61 Å². The minimum atomic E-state index is -0.323. The number of H-pyrrole nitrogens is 1. The largest absolute Gasteiger partial charge is 0.447 e. The number of alkyl carbamates (subject to hydrolysis) is 1. The number of carbonyl (C=O) groups is 1. The summed E-state index contributed by atoms with van der Waals surface area (Å²) < 4.78 is 4.90. The van der Waals surface area contributed by atoms with Gasteiger partial charge in [-0.25, -0.2) is 4.79 Å². The predicted molar refractivity (Wildman–Crippen MR) is 73.0 cm³/mol. The van der Waals surface area contributed by atoms with Crippen LogP contribution in [0, 0.1) is 0 Å². The topological polar surface area (TPSA) is 80.1 Å². The number of rotatable bonds is 4. The number of benzene rings is 1. The summed E-state index contributed by atoms with van der Waals surface area (Å²) in [6, 6.07) is 6.39. The summed E-state index contributed by atoms with van der Waals surface area (Å²) >= 11 is 0. The smallest absolute Gasteiger partial charge is 0.407 e. The van der Waals surface area contributed by atoms with Gasteiger partial charge >= 0.3 is 6.09 Å². The van der Waals surface area contributed by atoms with E-state index in [9.17, 15) is 4.79 Å². The van der Waals surface area contributed by atoms with E-state index < -0.39 is 0 Å². The van der Waals surface area contributed by atoms with E-state index in [2.05, 4.69) is 28.5 Å². The van der Waals surface area contributed by atoms with E-state index in [1.54, 1.807) is 0 Å². The number of aromatic nitrogens is 1. The molecule has 3 rings (SSSR count). The lowest BCUT2D eigenvalue weighted by Gasteiger charge is -2.07. The van der Waals surface area contributed by atoms with Gasteiger partial charge in [0.25, 0.3) is 0 Å². The molecule has 0 saturated carbocycles. The van der Waals surface area contributed by atoms with Crippen LogP contribution >= 0.6 is 0 Å². The minimum absolute atomic E-state index is 0.0712. The van der Waals surface area contributed by atoms with E-state index in [4.69, 9.17) is 10.5 Å². The lowest BCUT2D eigenvalue weighted by molar-refractivity contribution is 0.177. The van der Waals surface area contributed by atoms with Crippen LogP contribution in [0.15, 0.2) is 24.4 Å². The third kappa shape index (κ3) is 2.42. The molecule has 5 nitrogen and oxygen atoms in total. The highest BCUT2D eigenvalue weighted by Crippen LogP contribution is 2.21. The number of cyclic esters (lactones) is 1. The number of nitrogens with two attached hydrogens (primary N) is 1. The Bertz CT molecular complexity index is 606. The third-order valence-electron chi connectivity index (χ3n) is 3.47. The molecule has 19 heavy (non-hydrogen) atoms. The Morgan fingerprint density at radius 2 is 2.32 bits per heavy atom. The minimum Gasteiger partial charge on any atom is -0.447 e. The summed E-state index contributed by atoms with van der Waals surface area (Å²) in [7, 11) is 0. The van der Waals surface area contributed by atoms with E-state index in [1.165, 1.54) is 16.5 Å². The van der Waals surface area contributed by atoms with E-state index in [0.29, 0.717) is 13.2 Å². The zero-order valence-corrected chi connectivity index (χ0v) is 10.6. The molecule has 1 saturated heterocycles. The monoisotopic (exact) mass is 259 g/mol. The second kappa shape index (κ2) is 4.93. The number of aromatic amines is 1. The number of hydrogen-bond donors (Lipinski definition) is 3. The first-order valence-corrected chi connectivity index (χ1v) is 6.48. The van der Waals surface area contributed by atoms with E-state index in [0.717, 1.165) is 18.4 Å². The van der Waals surface area contributed by atoms with Crippen LogP contribution in [0.25, 0.3) is 10.9 Å². The molecular weight excluding hydrogens is 242 g/mol. The first-order chi connectivity index (χ1) is 9.26. The van der Waals surface area contributed by atoms with Crippen molar-refractivity contribution in [3.05, 3.63) is 35.5 Å². The molecule has 0 unspecified atom stereocenters. The van der Waals surface area contributed by atoms with Crippen molar-refractivity contribution in [1.82, 2.24) is 10.3 Å². The zero-order valence-electron chi connectivity index (χ0n) is 10.6. The highest BCUT2D eigenvalue weighted by molar-refractivity contribution is 5.84. The number of amides is 1. The molecule has 1 aromatic carbocycles. The molecule has 1 fully saturated rings. The van der Waals surface area contributed by atoms with Crippen molar-refractivity contribution < 1.29 is 9.53 Å². The molecule has 0 bridgehead atoms. The van der Waals surface area contributed by atoms with E-state index in [1.807, 2.05) is 6.20 Å². The molecule has 5 heteroatoms. The Hall–Kier alpha value is -2.01. The van der Waals surface area contributed by atoms with Gasteiger partial charge in [0.2, 0.25) is 0 Å². The van der Waals surface area contributed by atoms with Crippen molar-refractivity contribution in [3.63, 3.8) is 0 Å². The van der Waals surface area contributed by atoms with E-state index >= 15 is 0 Å². The van der Waals surface area contributed by atoms with Crippen molar-refractivity contribution in [1.29, 1.82) is 0 Å². The highest BCUT2D eigenvalue weighted by atomic mass is 16.6. The molecule has 2 aromatic rings. The summed E-state index contributed by atoms with van der Waals surface area (Å²) in [5.74, 6) is 0. The predicted octanol–water partition coefficient (Wildman–Crippen LogP) is 1.32. The molecule has 100 valence electrons. The average Bonchev–Trinajstić information content (AvgIpc) is 2.97. The summed E-state index contributed by atoms with van der Waals surface area (Å²) in [4.78, 5) is 14.3. The second-order valence-corrected chi connectivity index (χ2v) is 4.88. The Labute approximate surface area is 111 Å². The molecule has 1 aliphatic rings. The molecule has 0 radical (unpaired) electrons. The summed E-state index contributed by atoms with van der Waals surface area (Å²) in [6.07, 6.45) is 3.35. The van der Waals surface area contributed by atoms with Gasteiger partial charge in [-0.15, -0.1) is 0 Å². The maximum Gasteiger partial charge on any atom is 0.407 e.